The molecule has 0 fully saturated rings. The first kappa shape index (κ1) is 57.8. The smallest absolute Gasteiger partial charge is 0.396 e. The summed E-state index contributed by atoms with van der Waals surface area (Å²) >= 11 is 0. The van der Waals surface area contributed by atoms with Gasteiger partial charge in [0, 0.05) is 48.5 Å². The van der Waals surface area contributed by atoms with Gasteiger partial charge in [0.25, 0.3) is 0 Å². The van der Waals surface area contributed by atoms with Crippen molar-refractivity contribution >= 4 is 8.80 Å². The molecule has 350 valence electrons. The van der Waals surface area contributed by atoms with Gasteiger partial charge in [-0.2, -0.15) is 0 Å². The summed E-state index contributed by atoms with van der Waals surface area (Å²) in [6, 6.07) is 0.448. The van der Waals surface area contributed by atoms with Crippen LogP contribution >= 0.6 is 0 Å². The number of hydrogen-bond acceptors (Lipinski definition) is 9. The summed E-state index contributed by atoms with van der Waals surface area (Å²) in [6.07, 6.45) is 32.8. The fraction of sp³-hybridized carbons (Fsp3) is 1.00. The van der Waals surface area contributed by atoms with Crippen molar-refractivity contribution in [3.8, 4) is 0 Å². The number of aliphatic hydroxyl groups excluding tert-OH is 6. The van der Waals surface area contributed by atoms with Crippen LogP contribution in [0.2, 0.25) is 6.04 Å². The molecule has 6 N–H and O–H groups in total. The van der Waals surface area contributed by atoms with Crippen LogP contribution in [0.25, 0.3) is 0 Å². The highest BCUT2D eigenvalue weighted by Gasteiger charge is 2.47. The SMILES string of the molecule is CCCCCCCCCCCCCCCCCC[N+](C)(CCCCCCCCCC)CCC[Si](OCC(C)(CO)CO)(OCC(C)(CO)CO)OCC(C)(CO)CO. The Hall–Kier alpha value is -0.183. The highest BCUT2D eigenvalue weighted by atomic mass is 28.4. The van der Waals surface area contributed by atoms with Gasteiger partial charge in [-0.1, -0.05) is 163 Å². The Morgan fingerprint density at radius 2 is 0.586 bits per heavy atom. The molecule has 0 aliphatic rings. The third kappa shape index (κ3) is 28.4. The molecule has 0 aliphatic carbocycles. The van der Waals surface area contributed by atoms with E-state index in [4.69, 9.17) is 13.3 Å². The highest BCUT2D eigenvalue weighted by Crippen LogP contribution is 2.30. The topological polar surface area (TPSA) is 149 Å². The van der Waals surface area contributed by atoms with Crippen molar-refractivity contribution < 1.29 is 48.4 Å². The first-order valence-electron chi connectivity index (χ1n) is 24.2. The van der Waals surface area contributed by atoms with Gasteiger partial charge in [0.15, 0.2) is 0 Å². The van der Waals surface area contributed by atoms with E-state index in [9.17, 15) is 30.6 Å². The molecule has 0 heterocycles. The van der Waals surface area contributed by atoms with E-state index in [-0.39, 0.29) is 59.5 Å². The number of hydrogen-bond donors (Lipinski definition) is 6. The molecule has 0 saturated heterocycles. The summed E-state index contributed by atoms with van der Waals surface area (Å²) in [5, 5.41) is 60.6. The predicted octanol–water partition coefficient (Wildman–Crippen LogP) is 9.19. The highest BCUT2D eigenvalue weighted by molar-refractivity contribution is 6.60. The standard InChI is InChI=1S/C47H100NO9Si/c1-7-9-11-13-15-17-18-19-20-21-22-23-24-26-28-30-33-48(6,32-29-27-25-16-14-12-10-8-2)34-31-35-58(55-42-45(3,36-49)37-50,56-43-46(4,38-51)39-52)57-44-47(5,40-53)41-54/h49-54H,7-44H2,1-6H3/q+1. The summed E-state index contributed by atoms with van der Waals surface area (Å²) in [7, 11) is -1.25. The number of nitrogens with zero attached hydrogens (tertiary/aromatic N) is 1. The molecule has 1 atom stereocenters. The predicted molar refractivity (Wildman–Crippen MR) is 243 cm³/mol. The lowest BCUT2D eigenvalue weighted by atomic mass is 9.95. The van der Waals surface area contributed by atoms with Crippen LogP contribution in [0.1, 0.15) is 195 Å². The summed E-state index contributed by atoms with van der Waals surface area (Å²) in [5.74, 6) is 0. The Kier molecular flexibility index (Phi) is 35.2. The zero-order valence-corrected chi connectivity index (χ0v) is 40.2. The van der Waals surface area contributed by atoms with Crippen LogP contribution in [0, 0.1) is 16.2 Å². The minimum Gasteiger partial charge on any atom is -0.396 e. The maximum absolute atomic E-state index is 10.1. The number of unbranched alkanes of at least 4 members (excludes halogenated alkanes) is 22. The Bertz CT molecular complexity index is 848. The number of rotatable bonds is 45. The molecule has 0 aromatic heterocycles. The Labute approximate surface area is 359 Å². The zero-order chi connectivity index (χ0) is 43.5. The average Bonchev–Trinajstić information content (AvgIpc) is 3.24. The van der Waals surface area contributed by atoms with Gasteiger partial charge < -0.3 is 48.4 Å². The Balaban J connectivity index is 5.58. The summed E-state index contributed by atoms with van der Waals surface area (Å²) in [5.41, 5.74) is -2.81. The average molecular weight is 851 g/mol. The van der Waals surface area contributed by atoms with Gasteiger partial charge in [-0.05, 0) is 25.7 Å². The van der Waals surface area contributed by atoms with Crippen LogP contribution in [0.3, 0.4) is 0 Å². The van der Waals surface area contributed by atoms with Gasteiger partial charge in [0.2, 0.25) is 0 Å². The van der Waals surface area contributed by atoms with E-state index >= 15 is 0 Å². The molecule has 0 aromatic rings. The van der Waals surface area contributed by atoms with Gasteiger partial charge >= 0.3 is 8.80 Å². The van der Waals surface area contributed by atoms with E-state index < -0.39 is 25.0 Å². The monoisotopic (exact) mass is 851 g/mol. The van der Waals surface area contributed by atoms with E-state index in [1.165, 1.54) is 154 Å². The van der Waals surface area contributed by atoms with Crippen LogP contribution in [0.15, 0.2) is 0 Å². The molecule has 0 radical (unpaired) electrons. The molecule has 0 aliphatic heterocycles. The van der Waals surface area contributed by atoms with E-state index in [0.29, 0.717) is 6.04 Å². The molecular weight excluding hydrogens is 751 g/mol. The van der Waals surface area contributed by atoms with Crippen molar-refractivity contribution in [3.05, 3.63) is 0 Å². The first-order valence-corrected chi connectivity index (χ1v) is 26.2. The second kappa shape index (κ2) is 35.3. The lowest BCUT2D eigenvalue weighted by Crippen LogP contribution is -2.54. The molecular formula is C47H100NO9Si+. The minimum atomic E-state index is -3.64. The van der Waals surface area contributed by atoms with Crippen LogP contribution in [0.4, 0.5) is 0 Å². The second-order valence-electron chi connectivity index (χ2n) is 19.6. The Morgan fingerprint density at radius 3 is 0.828 bits per heavy atom. The fourth-order valence-corrected chi connectivity index (χ4v) is 10.3. The number of aliphatic hydroxyl groups is 6. The molecule has 0 spiro atoms. The quantitative estimate of drug-likeness (QED) is 0.0200. The molecule has 0 saturated carbocycles. The molecule has 1 unspecified atom stereocenters. The molecule has 58 heavy (non-hydrogen) atoms. The van der Waals surface area contributed by atoms with Crippen LogP contribution < -0.4 is 0 Å². The van der Waals surface area contributed by atoms with Crippen molar-refractivity contribution in [1.82, 2.24) is 0 Å². The van der Waals surface area contributed by atoms with Crippen LogP contribution in [-0.2, 0) is 13.3 Å². The van der Waals surface area contributed by atoms with Crippen molar-refractivity contribution in [1.29, 1.82) is 0 Å². The van der Waals surface area contributed by atoms with Gasteiger partial charge in [0.1, 0.15) is 0 Å². The normalized spacial score (nSPS) is 14.1. The lowest BCUT2D eigenvalue weighted by molar-refractivity contribution is -0.910. The van der Waals surface area contributed by atoms with Gasteiger partial charge in [-0.3, -0.25) is 0 Å². The van der Waals surface area contributed by atoms with Gasteiger partial charge in [0.05, 0.1) is 66.3 Å². The van der Waals surface area contributed by atoms with E-state index in [1.54, 1.807) is 20.8 Å². The molecule has 0 rings (SSSR count). The minimum absolute atomic E-state index is 0.0142. The number of quaternary nitrogens is 1. The maximum atomic E-state index is 10.1. The lowest BCUT2D eigenvalue weighted by Gasteiger charge is -2.39. The van der Waals surface area contributed by atoms with Gasteiger partial charge in [-0.15, -0.1) is 0 Å². The van der Waals surface area contributed by atoms with Crippen LogP contribution in [0.5, 0.6) is 0 Å². The van der Waals surface area contributed by atoms with Gasteiger partial charge in [-0.25, -0.2) is 0 Å². The third-order valence-electron chi connectivity index (χ3n) is 12.5. The van der Waals surface area contributed by atoms with E-state index in [1.807, 2.05) is 0 Å². The molecule has 0 aromatic carbocycles. The second-order valence-corrected chi connectivity index (χ2v) is 22.3. The van der Waals surface area contributed by atoms with E-state index in [0.717, 1.165) is 30.5 Å². The van der Waals surface area contributed by atoms with Crippen molar-refractivity contribution in [2.75, 3.05) is 86.1 Å². The molecule has 0 amide bonds. The van der Waals surface area contributed by atoms with Crippen molar-refractivity contribution in [2.24, 2.45) is 16.2 Å². The zero-order valence-electron chi connectivity index (χ0n) is 39.2. The van der Waals surface area contributed by atoms with E-state index in [2.05, 4.69) is 20.9 Å². The fourth-order valence-electron chi connectivity index (χ4n) is 7.30. The first-order chi connectivity index (χ1) is 27.8. The molecule has 11 heteroatoms. The maximum Gasteiger partial charge on any atom is 0.501 e. The van der Waals surface area contributed by atoms with Crippen LogP contribution in [-0.4, -0.2) is 130 Å². The summed E-state index contributed by atoms with van der Waals surface area (Å²) < 4.78 is 20.6. The Morgan fingerprint density at radius 1 is 0.362 bits per heavy atom. The largest absolute Gasteiger partial charge is 0.501 e. The van der Waals surface area contributed by atoms with Crippen molar-refractivity contribution in [2.45, 2.75) is 201 Å². The summed E-state index contributed by atoms with van der Waals surface area (Å²) in [4.78, 5) is 0. The molecule has 10 nitrogen and oxygen atoms in total. The third-order valence-corrected chi connectivity index (χ3v) is 15.2. The molecule has 0 bridgehead atoms. The van der Waals surface area contributed by atoms with Crippen molar-refractivity contribution in [3.63, 3.8) is 0 Å². The summed E-state index contributed by atoms with van der Waals surface area (Å²) in [6.45, 7) is 11.1.